The van der Waals surface area contributed by atoms with Crippen molar-refractivity contribution < 1.29 is 19.5 Å². The number of hydrogen-bond acceptors (Lipinski definition) is 3. The van der Waals surface area contributed by atoms with Crippen LogP contribution in [0.4, 0.5) is 4.79 Å². The lowest BCUT2D eigenvalue weighted by molar-refractivity contribution is -0.138. The van der Waals surface area contributed by atoms with Gasteiger partial charge >= 0.3 is 12.0 Å². The van der Waals surface area contributed by atoms with E-state index in [0.29, 0.717) is 19.0 Å². The van der Waals surface area contributed by atoms with Crippen molar-refractivity contribution in [2.75, 3.05) is 26.2 Å². The Balaban J connectivity index is 2.61. The zero-order chi connectivity index (χ0) is 14.4. The second-order valence-corrected chi connectivity index (χ2v) is 4.89. The maximum Gasteiger partial charge on any atom is 0.323 e. The van der Waals surface area contributed by atoms with Gasteiger partial charge in [0, 0.05) is 13.1 Å². The van der Waals surface area contributed by atoms with Gasteiger partial charge in [-0.2, -0.15) is 0 Å². The number of nitrogens with zero attached hydrogens (tertiary/aromatic N) is 2. The van der Waals surface area contributed by atoms with Gasteiger partial charge < -0.3 is 20.6 Å². The first-order valence-corrected chi connectivity index (χ1v) is 6.48. The van der Waals surface area contributed by atoms with Crippen molar-refractivity contribution in [1.82, 2.24) is 9.80 Å². The average molecular weight is 271 g/mol. The third-order valence-electron chi connectivity index (χ3n) is 3.20. The average Bonchev–Trinajstić information content (AvgIpc) is 2.75. The molecule has 1 unspecified atom stereocenters. The number of rotatable bonds is 6. The Bertz CT molecular complexity index is 343. The molecule has 0 aromatic rings. The second-order valence-electron chi connectivity index (χ2n) is 4.89. The molecule has 0 aromatic carbocycles. The number of hydrogen-bond donors (Lipinski definition) is 2. The first kappa shape index (κ1) is 15.3. The molecule has 1 saturated heterocycles. The molecular weight excluding hydrogens is 250 g/mol. The van der Waals surface area contributed by atoms with Crippen LogP contribution in [0.3, 0.4) is 0 Å². The summed E-state index contributed by atoms with van der Waals surface area (Å²) in [5, 5.41) is 8.76. The normalized spacial score (nSPS) is 18.4. The minimum Gasteiger partial charge on any atom is -0.480 e. The summed E-state index contributed by atoms with van der Waals surface area (Å²) in [6, 6.07) is -0.417. The topological polar surface area (TPSA) is 104 Å². The molecule has 7 nitrogen and oxygen atoms in total. The van der Waals surface area contributed by atoms with E-state index in [1.165, 1.54) is 0 Å². The third kappa shape index (κ3) is 4.76. The fourth-order valence-electron chi connectivity index (χ4n) is 2.39. The van der Waals surface area contributed by atoms with Gasteiger partial charge in [-0.1, -0.05) is 13.3 Å². The summed E-state index contributed by atoms with van der Waals surface area (Å²) in [4.78, 5) is 36.3. The number of nitrogens with two attached hydrogens (primary N) is 1. The zero-order valence-corrected chi connectivity index (χ0v) is 11.2. The number of carboxylic acid groups (broad SMARTS) is 1. The van der Waals surface area contributed by atoms with Crippen LogP contribution in [0.15, 0.2) is 0 Å². The fraction of sp³-hybridized carbons (Fsp3) is 0.750. The molecule has 108 valence electrons. The zero-order valence-electron chi connectivity index (χ0n) is 11.2. The molecule has 0 aliphatic carbocycles. The molecule has 0 radical (unpaired) electrons. The molecule has 0 bridgehead atoms. The Labute approximate surface area is 112 Å². The Kier molecular flexibility index (Phi) is 5.59. The lowest BCUT2D eigenvalue weighted by Crippen LogP contribution is -2.47. The van der Waals surface area contributed by atoms with Crippen molar-refractivity contribution in [3.05, 3.63) is 0 Å². The van der Waals surface area contributed by atoms with Gasteiger partial charge in [-0.25, -0.2) is 4.79 Å². The Morgan fingerprint density at radius 3 is 2.58 bits per heavy atom. The van der Waals surface area contributed by atoms with Crippen LogP contribution in [-0.2, 0) is 9.59 Å². The molecule has 1 heterocycles. The van der Waals surface area contributed by atoms with Gasteiger partial charge in [0.05, 0.1) is 0 Å². The van der Waals surface area contributed by atoms with Crippen LogP contribution in [0, 0.1) is 5.92 Å². The predicted molar refractivity (Wildman–Crippen MR) is 68.4 cm³/mol. The van der Waals surface area contributed by atoms with Crippen molar-refractivity contribution in [2.45, 2.75) is 26.2 Å². The Morgan fingerprint density at radius 2 is 2.05 bits per heavy atom. The standard InChI is InChI=1S/C12H21N3O4/c1-2-3-9-4-5-14(6-9)12(19)15(7-10(13)16)8-11(17)18/h9H,2-8H2,1H3,(H2,13,16)(H,17,18). The molecule has 1 aliphatic heterocycles. The lowest BCUT2D eigenvalue weighted by Gasteiger charge is -2.25. The van der Waals surface area contributed by atoms with E-state index in [-0.39, 0.29) is 6.54 Å². The molecule has 19 heavy (non-hydrogen) atoms. The molecule has 1 atom stereocenters. The number of urea groups is 1. The molecule has 1 aliphatic rings. The quantitative estimate of drug-likeness (QED) is 0.715. The van der Waals surface area contributed by atoms with E-state index in [0.717, 1.165) is 24.2 Å². The van der Waals surface area contributed by atoms with Crippen LogP contribution < -0.4 is 5.73 Å². The number of aliphatic carboxylic acids is 1. The van der Waals surface area contributed by atoms with Crippen molar-refractivity contribution >= 4 is 17.9 Å². The first-order chi connectivity index (χ1) is 8.93. The van der Waals surface area contributed by atoms with E-state index in [9.17, 15) is 14.4 Å². The van der Waals surface area contributed by atoms with Crippen LogP contribution in [0.2, 0.25) is 0 Å². The predicted octanol–water partition coefficient (Wildman–Crippen LogP) is 0.100. The van der Waals surface area contributed by atoms with Gasteiger partial charge in [-0.15, -0.1) is 0 Å². The molecule has 3 amide bonds. The minimum absolute atomic E-state index is 0.361. The molecule has 0 spiro atoms. The molecular formula is C12H21N3O4. The molecule has 3 N–H and O–H groups in total. The van der Waals surface area contributed by atoms with Gasteiger partial charge in [-0.3, -0.25) is 9.59 Å². The smallest absolute Gasteiger partial charge is 0.323 e. The van der Waals surface area contributed by atoms with Crippen LogP contribution in [0.25, 0.3) is 0 Å². The van der Waals surface area contributed by atoms with Crippen LogP contribution in [0.1, 0.15) is 26.2 Å². The maximum atomic E-state index is 12.1. The SMILES string of the molecule is CCCC1CCN(C(=O)N(CC(N)=O)CC(=O)O)C1. The highest BCUT2D eigenvalue weighted by Gasteiger charge is 2.30. The monoisotopic (exact) mass is 271 g/mol. The van der Waals surface area contributed by atoms with Crippen molar-refractivity contribution in [3.8, 4) is 0 Å². The van der Waals surface area contributed by atoms with E-state index in [1.807, 2.05) is 0 Å². The van der Waals surface area contributed by atoms with E-state index in [1.54, 1.807) is 4.90 Å². The maximum absolute atomic E-state index is 12.1. The summed E-state index contributed by atoms with van der Waals surface area (Å²) >= 11 is 0. The highest BCUT2D eigenvalue weighted by Crippen LogP contribution is 2.21. The van der Waals surface area contributed by atoms with Crippen molar-refractivity contribution in [1.29, 1.82) is 0 Å². The third-order valence-corrected chi connectivity index (χ3v) is 3.20. The van der Waals surface area contributed by atoms with Crippen molar-refractivity contribution in [3.63, 3.8) is 0 Å². The van der Waals surface area contributed by atoms with Crippen LogP contribution in [-0.4, -0.2) is 59.0 Å². The van der Waals surface area contributed by atoms with Gasteiger partial charge in [0.25, 0.3) is 0 Å². The number of amides is 3. The molecule has 7 heteroatoms. The van der Waals surface area contributed by atoms with Gasteiger partial charge in [-0.05, 0) is 18.8 Å². The summed E-state index contributed by atoms with van der Waals surface area (Å²) in [6.45, 7) is 2.46. The fourth-order valence-corrected chi connectivity index (χ4v) is 2.39. The van der Waals surface area contributed by atoms with E-state index < -0.39 is 24.5 Å². The summed E-state index contributed by atoms with van der Waals surface area (Å²) in [6.07, 6.45) is 3.04. The molecule has 0 saturated carbocycles. The number of carbonyl (C=O) groups is 3. The number of primary amides is 1. The van der Waals surface area contributed by atoms with Crippen LogP contribution in [0.5, 0.6) is 0 Å². The van der Waals surface area contributed by atoms with E-state index >= 15 is 0 Å². The number of carboxylic acids is 1. The number of likely N-dealkylation sites (tertiary alicyclic amines) is 1. The lowest BCUT2D eigenvalue weighted by atomic mass is 10.0. The molecule has 0 aromatic heterocycles. The summed E-state index contributed by atoms with van der Waals surface area (Å²) in [7, 11) is 0. The highest BCUT2D eigenvalue weighted by atomic mass is 16.4. The largest absolute Gasteiger partial charge is 0.480 e. The Morgan fingerprint density at radius 1 is 1.37 bits per heavy atom. The van der Waals surface area contributed by atoms with Gasteiger partial charge in [0.1, 0.15) is 13.1 Å². The van der Waals surface area contributed by atoms with Crippen LogP contribution >= 0.6 is 0 Å². The van der Waals surface area contributed by atoms with Gasteiger partial charge in [0.15, 0.2) is 0 Å². The first-order valence-electron chi connectivity index (χ1n) is 6.48. The summed E-state index contributed by atoms with van der Waals surface area (Å²) < 4.78 is 0. The Hall–Kier alpha value is -1.79. The summed E-state index contributed by atoms with van der Waals surface area (Å²) in [5.41, 5.74) is 5.04. The number of carbonyl (C=O) groups excluding carboxylic acids is 2. The molecule has 1 fully saturated rings. The van der Waals surface area contributed by atoms with Crippen molar-refractivity contribution in [2.24, 2.45) is 11.7 Å². The van der Waals surface area contributed by atoms with Gasteiger partial charge in [0.2, 0.25) is 5.91 Å². The van der Waals surface area contributed by atoms with E-state index in [4.69, 9.17) is 10.8 Å². The van der Waals surface area contributed by atoms with E-state index in [2.05, 4.69) is 6.92 Å². The minimum atomic E-state index is -1.15. The molecule has 1 rings (SSSR count). The highest BCUT2D eigenvalue weighted by molar-refractivity contribution is 5.86. The second kappa shape index (κ2) is 6.96. The summed E-state index contributed by atoms with van der Waals surface area (Å²) in [5.74, 6) is -1.40.